The second-order valence-corrected chi connectivity index (χ2v) is 3.27. The first-order valence-electron chi connectivity index (χ1n) is 3.35. The first kappa shape index (κ1) is 7.34. The summed E-state index contributed by atoms with van der Waals surface area (Å²) in [4.78, 5) is 0. The zero-order valence-electron chi connectivity index (χ0n) is 5.70. The van der Waals surface area contributed by atoms with E-state index in [0.717, 1.165) is 11.0 Å². The van der Waals surface area contributed by atoms with E-state index in [2.05, 4.69) is 15.9 Å². The minimum absolute atomic E-state index is 0.159. The van der Waals surface area contributed by atoms with Gasteiger partial charge in [0.25, 0.3) is 0 Å². The molecule has 2 nitrogen and oxygen atoms in total. The molecule has 1 N–H and O–H groups in total. The molecule has 0 aromatic heterocycles. The smallest absolute Gasteiger partial charge is 0.423 e. The Morgan fingerprint density at radius 2 is 2.18 bits per heavy atom. The fourth-order valence-electron chi connectivity index (χ4n) is 1.20. The number of fused-ring (bicyclic) bond motifs is 1. The molecule has 0 saturated carbocycles. The van der Waals surface area contributed by atoms with Crippen LogP contribution in [0.2, 0.25) is 0 Å². The van der Waals surface area contributed by atoms with E-state index in [1.54, 1.807) is 0 Å². The van der Waals surface area contributed by atoms with E-state index in [-0.39, 0.29) is 5.01 Å². The number of halogens is 1. The minimum atomic E-state index is -0.768. The van der Waals surface area contributed by atoms with Crippen molar-refractivity contribution in [3.05, 3.63) is 29.8 Å². The van der Waals surface area contributed by atoms with Crippen molar-refractivity contribution in [3.8, 4) is 0 Å². The van der Waals surface area contributed by atoms with Crippen LogP contribution in [0.4, 0.5) is 0 Å². The van der Waals surface area contributed by atoms with Crippen LogP contribution in [0, 0.1) is 0 Å². The summed E-state index contributed by atoms with van der Waals surface area (Å²) in [6.07, 6.45) is 0. The van der Waals surface area contributed by atoms with Crippen LogP contribution in [0.3, 0.4) is 0 Å². The first-order chi connectivity index (χ1) is 5.29. The summed E-state index contributed by atoms with van der Waals surface area (Å²) in [6, 6.07) is 7.61. The van der Waals surface area contributed by atoms with Crippen LogP contribution >= 0.6 is 15.9 Å². The van der Waals surface area contributed by atoms with Crippen molar-refractivity contribution in [3.63, 3.8) is 0 Å². The molecule has 0 fully saturated rings. The average Bonchev–Trinajstić information content (AvgIpc) is 2.30. The molecular weight excluding hydrogens is 207 g/mol. The van der Waals surface area contributed by atoms with Gasteiger partial charge in [0, 0.05) is 0 Å². The molecule has 0 spiro atoms. The van der Waals surface area contributed by atoms with Gasteiger partial charge in [-0.3, -0.25) is 0 Å². The number of rotatable bonds is 0. The highest BCUT2D eigenvalue weighted by molar-refractivity contribution is 9.09. The third-order valence-electron chi connectivity index (χ3n) is 1.75. The van der Waals surface area contributed by atoms with Gasteiger partial charge in [0.05, 0.1) is 0 Å². The zero-order chi connectivity index (χ0) is 7.84. The molecule has 1 unspecified atom stereocenters. The third-order valence-corrected chi connectivity index (χ3v) is 2.46. The maximum absolute atomic E-state index is 9.30. The Morgan fingerprint density at radius 3 is 2.91 bits per heavy atom. The summed E-state index contributed by atoms with van der Waals surface area (Å²) in [7, 11) is -0.768. The zero-order valence-corrected chi connectivity index (χ0v) is 7.28. The lowest BCUT2D eigenvalue weighted by Crippen LogP contribution is -2.27. The SMILES string of the molecule is OB1OC(Br)c2ccccc21. The fourth-order valence-corrected chi connectivity index (χ4v) is 1.82. The maximum Gasteiger partial charge on any atom is 0.492 e. The molecule has 1 aliphatic rings. The Balaban J connectivity index is 2.52. The topological polar surface area (TPSA) is 29.5 Å². The van der Waals surface area contributed by atoms with Crippen LogP contribution in [0.15, 0.2) is 24.3 Å². The molecule has 2 rings (SSSR count). The van der Waals surface area contributed by atoms with E-state index in [1.165, 1.54) is 0 Å². The van der Waals surface area contributed by atoms with Gasteiger partial charge in [0.15, 0.2) is 0 Å². The summed E-state index contributed by atoms with van der Waals surface area (Å²) in [6.45, 7) is 0. The van der Waals surface area contributed by atoms with Crippen molar-refractivity contribution in [2.75, 3.05) is 0 Å². The van der Waals surface area contributed by atoms with Crippen LogP contribution in [0.25, 0.3) is 0 Å². The number of hydrogen-bond acceptors (Lipinski definition) is 2. The molecule has 1 heterocycles. The Bertz CT molecular complexity index is 252. The second kappa shape index (κ2) is 2.62. The molecule has 0 amide bonds. The Kier molecular flexibility index (Phi) is 1.75. The predicted molar refractivity (Wildman–Crippen MR) is 46.8 cm³/mol. The molecule has 0 saturated heterocycles. The minimum Gasteiger partial charge on any atom is -0.423 e. The van der Waals surface area contributed by atoms with Crippen LogP contribution in [0.1, 0.15) is 10.6 Å². The lowest BCUT2D eigenvalue weighted by molar-refractivity contribution is 0.272. The molecule has 1 aliphatic heterocycles. The second-order valence-electron chi connectivity index (χ2n) is 2.43. The number of hydrogen-bond donors (Lipinski definition) is 1. The van der Waals surface area contributed by atoms with Gasteiger partial charge in [-0.05, 0) is 11.0 Å². The quantitative estimate of drug-likeness (QED) is 0.510. The third kappa shape index (κ3) is 1.11. The van der Waals surface area contributed by atoms with Crippen LogP contribution < -0.4 is 5.46 Å². The Hall–Kier alpha value is -0.315. The molecule has 4 heteroatoms. The highest BCUT2D eigenvalue weighted by Crippen LogP contribution is 2.28. The standard InChI is InChI=1S/C7H6BBrO2/c9-7-5-3-1-2-4-6(5)8(10)11-7/h1-4,7,10H. The van der Waals surface area contributed by atoms with E-state index in [9.17, 15) is 5.02 Å². The fraction of sp³-hybridized carbons (Fsp3) is 0.143. The van der Waals surface area contributed by atoms with Gasteiger partial charge in [-0.1, -0.05) is 40.2 Å². The van der Waals surface area contributed by atoms with Gasteiger partial charge in [-0.2, -0.15) is 0 Å². The Morgan fingerprint density at radius 1 is 1.45 bits per heavy atom. The normalized spacial score (nSPS) is 22.0. The molecule has 0 bridgehead atoms. The number of benzene rings is 1. The van der Waals surface area contributed by atoms with Crippen molar-refractivity contribution in [1.82, 2.24) is 0 Å². The van der Waals surface area contributed by atoms with Crippen LogP contribution in [-0.4, -0.2) is 12.1 Å². The summed E-state index contributed by atoms with van der Waals surface area (Å²) in [5, 5.41) is 9.14. The molecule has 1 aromatic carbocycles. The molecule has 0 aliphatic carbocycles. The predicted octanol–water partition coefficient (Wildman–Crippen LogP) is 0.798. The molecule has 1 aromatic rings. The van der Waals surface area contributed by atoms with Gasteiger partial charge in [-0.25, -0.2) is 0 Å². The maximum atomic E-state index is 9.30. The summed E-state index contributed by atoms with van der Waals surface area (Å²) in [5.74, 6) is 0. The summed E-state index contributed by atoms with van der Waals surface area (Å²) < 4.78 is 5.10. The average molecular weight is 213 g/mol. The monoisotopic (exact) mass is 212 g/mol. The number of alkyl halides is 1. The van der Waals surface area contributed by atoms with E-state index < -0.39 is 7.12 Å². The molecular formula is C7H6BBrO2. The molecule has 0 radical (unpaired) electrons. The van der Waals surface area contributed by atoms with E-state index in [0.29, 0.717) is 0 Å². The highest BCUT2D eigenvalue weighted by atomic mass is 79.9. The van der Waals surface area contributed by atoms with Gasteiger partial charge in [0.1, 0.15) is 5.01 Å². The van der Waals surface area contributed by atoms with E-state index in [1.807, 2.05) is 24.3 Å². The van der Waals surface area contributed by atoms with Gasteiger partial charge >= 0.3 is 7.12 Å². The van der Waals surface area contributed by atoms with Crippen molar-refractivity contribution >= 4 is 28.5 Å². The van der Waals surface area contributed by atoms with Gasteiger partial charge in [-0.15, -0.1) is 0 Å². The molecule has 56 valence electrons. The lowest BCUT2D eigenvalue weighted by Gasteiger charge is -1.99. The van der Waals surface area contributed by atoms with Crippen LogP contribution in [0.5, 0.6) is 0 Å². The van der Waals surface area contributed by atoms with Crippen molar-refractivity contribution in [2.24, 2.45) is 0 Å². The van der Waals surface area contributed by atoms with Crippen molar-refractivity contribution in [2.45, 2.75) is 5.01 Å². The Labute approximate surface area is 73.5 Å². The summed E-state index contributed by atoms with van der Waals surface area (Å²) in [5.41, 5.74) is 1.87. The van der Waals surface area contributed by atoms with Crippen molar-refractivity contribution in [1.29, 1.82) is 0 Å². The summed E-state index contributed by atoms with van der Waals surface area (Å²) >= 11 is 3.30. The molecule has 11 heavy (non-hydrogen) atoms. The van der Waals surface area contributed by atoms with Crippen LogP contribution in [-0.2, 0) is 4.65 Å². The van der Waals surface area contributed by atoms with Gasteiger partial charge in [0.2, 0.25) is 0 Å². The van der Waals surface area contributed by atoms with E-state index >= 15 is 0 Å². The molecule has 1 atom stereocenters. The highest BCUT2D eigenvalue weighted by Gasteiger charge is 2.32. The van der Waals surface area contributed by atoms with E-state index in [4.69, 9.17) is 4.65 Å². The largest absolute Gasteiger partial charge is 0.492 e. The van der Waals surface area contributed by atoms with Crippen molar-refractivity contribution < 1.29 is 9.68 Å². The first-order valence-corrected chi connectivity index (χ1v) is 4.27. The lowest BCUT2D eigenvalue weighted by atomic mass is 9.80. The van der Waals surface area contributed by atoms with Gasteiger partial charge < -0.3 is 9.68 Å².